The minimum Gasteiger partial charge on any atom is -0.456 e. The SMILES string of the molecule is CC=Cc1cc(C(=O)OC(C)(C)C)ccc1C(=O)OC(C)(C)C. The molecule has 0 radical (unpaired) electrons. The average Bonchev–Trinajstić information content (AvgIpc) is 2.34. The minimum atomic E-state index is -0.575. The number of carbonyl (C=O) groups is 2. The summed E-state index contributed by atoms with van der Waals surface area (Å²) in [6.07, 6.45) is 3.58. The lowest BCUT2D eigenvalue weighted by Gasteiger charge is -2.21. The van der Waals surface area contributed by atoms with Gasteiger partial charge in [-0.1, -0.05) is 12.2 Å². The molecule has 0 saturated carbocycles. The Labute approximate surface area is 138 Å². The molecule has 126 valence electrons. The molecule has 0 spiro atoms. The Morgan fingerprint density at radius 1 is 0.913 bits per heavy atom. The van der Waals surface area contributed by atoms with Gasteiger partial charge in [-0.25, -0.2) is 9.59 Å². The number of hydrogen-bond donors (Lipinski definition) is 0. The molecule has 0 atom stereocenters. The fourth-order valence-electron chi connectivity index (χ4n) is 1.86. The van der Waals surface area contributed by atoms with Gasteiger partial charge in [-0.15, -0.1) is 0 Å². The number of allylic oxidation sites excluding steroid dienone is 1. The second kappa shape index (κ2) is 6.99. The van der Waals surface area contributed by atoms with E-state index in [1.54, 1.807) is 24.3 Å². The highest BCUT2D eigenvalue weighted by Gasteiger charge is 2.22. The second-order valence-electron chi connectivity index (χ2n) is 7.31. The van der Waals surface area contributed by atoms with Crippen molar-refractivity contribution in [2.24, 2.45) is 0 Å². The van der Waals surface area contributed by atoms with Gasteiger partial charge in [0.15, 0.2) is 0 Å². The van der Waals surface area contributed by atoms with Crippen LogP contribution < -0.4 is 0 Å². The predicted molar refractivity (Wildman–Crippen MR) is 91.5 cm³/mol. The van der Waals surface area contributed by atoms with E-state index in [4.69, 9.17) is 9.47 Å². The normalized spacial score (nSPS) is 12.3. The highest BCUT2D eigenvalue weighted by atomic mass is 16.6. The summed E-state index contributed by atoms with van der Waals surface area (Å²) in [6, 6.07) is 4.83. The maximum atomic E-state index is 12.3. The molecule has 0 saturated heterocycles. The van der Waals surface area contributed by atoms with Crippen molar-refractivity contribution in [2.75, 3.05) is 0 Å². The molecule has 0 aliphatic carbocycles. The van der Waals surface area contributed by atoms with E-state index in [1.165, 1.54) is 0 Å². The van der Waals surface area contributed by atoms with E-state index in [9.17, 15) is 9.59 Å². The Hall–Kier alpha value is -2.10. The molecule has 4 nitrogen and oxygen atoms in total. The van der Waals surface area contributed by atoms with Gasteiger partial charge in [-0.3, -0.25) is 0 Å². The molecule has 0 unspecified atom stereocenters. The number of benzene rings is 1. The van der Waals surface area contributed by atoms with Crippen LogP contribution in [-0.4, -0.2) is 23.1 Å². The lowest BCUT2D eigenvalue weighted by molar-refractivity contribution is 0.00516. The van der Waals surface area contributed by atoms with Crippen LogP contribution in [0, 0.1) is 0 Å². The first-order valence-corrected chi connectivity index (χ1v) is 7.66. The van der Waals surface area contributed by atoms with Gasteiger partial charge in [0.05, 0.1) is 11.1 Å². The Kier molecular flexibility index (Phi) is 5.75. The van der Waals surface area contributed by atoms with Gasteiger partial charge >= 0.3 is 11.9 Å². The summed E-state index contributed by atoms with van der Waals surface area (Å²) in [5.41, 5.74) is 0.311. The van der Waals surface area contributed by atoms with Crippen molar-refractivity contribution < 1.29 is 19.1 Å². The van der Waals surface area contributed by atoms with Crippen LogP contribution >= 0.6 is 0 Å². The van der Waals surface area contributed by atoms with E-state index in [0.29, 0.717) is 16.7 Å². The van der Waals surface area contributed by atoms with E-state index in [2.05, 4.69) is 0 Å². The monoisotopic (exact) mass is 318 g/mol. The zero-order valence-corrected chi connectivity index (χ0v) is 15.0. The maximum absolute atomic E-state index is 12.3. The summed E-state index contributed by atoms with van der Waals surface area (Å²) < 4.78 is 10.8. The molecule has 1 aromatic rings. The van der Waals surface area contributed by atoms with Crippen molar-refractivity contribution in [3.8, 4) is 0 Å². The Balaban J connectivity index is 3.17. The second-order valence-corrected chi connectivity index (χ2v) is 7.31. The molecular formula is C19H26O4. The zero-order chi connectivity index (χ0) is 17.8. The maximum Gasteiger partial charge on any atom is 0.339 e. The van der Waals surface area contributed by atoms with Gasteiger partial charge < -0.3 is 9.47 Å². The fraction of sp³-hybridized carbons (Fsp3) is 0.474. The predicted octanol–water partition coefficient (Wildman–Crippen LogP) is 4.63. The Bertz CT molecular complexity index is 613. The molecule has 4 heteroatoms. The average molecular weight is 318 g/mol. The lowest BCUT2D eigenvalue weighted by Crippen LogP contribution is -2.25. The third kappa shape index (κ3) is 6.27. The van der Waals surface area contributed by atoms with Crippen LogP contribution in [0.25, 0.3) is 6.08 Å². The van der Waals surface area contributed by atoms with E-state index < -0.39 is 23.1 Å². The summed E-state index contributed by atoms with van der Waals surface area (Å²) in [7, 11) is 0. The Morgan fingerprint density at radius 3 is 1.91 bits per heavy atom. The molecule has 0 fully saturated rings. The summed E-state index contributed by atoms with van der Waals surface area (Å²) in [4.78, 5) is 24.5. The molecule has 1 rings (SSSR count). The highest BCUT2D eigenvalue weighted by Crippen LogP contribution is 2.20. The van der Waals surface area contributed by atoms with Gasteiger partial charge in [0, 0.05) is 0 Å². The smallest absolute Gasteiger partial charge is 0.339 e. The topological polar surface area (TPSA) is 52.6 Å². The first-order chi connectivity index (χ1) is 10.4. The van der Waals surface area contributed by atoms with E-state index >= 15 is 0 Å². The molecule has 0 amide bonds. The van der Waals surface area contributed by atoms with E-state index in [-0.39, 0.29) is 0 Å². The standard InChI is InChI=1S/C19H26O4/c1-8-9-13-12-14(16(20)22-18(2,3)4)10-11-15(13)17(21)23-19(5,6)7/h8-12H,1-7H3. The highest BCUT2D eigenvalue weighted by molar-refractivity contribution is 5.97. The lowest BCUT2D eigenvalue weighted by atomic mass is 10.0. The summed E-state index contributed by atoms with van der Waals surface area (Å²) in [5, 5.41) is 0. The number of carbonyl (C=O) groups excluding carboxylic acids is 2. The van der Waals surface area contributed by atoms with Crippen molar-refractivity contribution >= 4 is 18.0 Å². The van der Waals surface area contributed by atoms with Crippen molar-refractivity contribution in [1.29, 1.82) is 0 Å². The Morgan fingerprint density at radius 2 is 1.43 bits per heavy atom. The number of esters is 2. The first kappa shape index (κ1) is 18.9. The van der Waals surface area contributed by atoms with Crippen molar-refractivity contribution in [3.05, 3.63) is 41.0 Å². The van der Waals surface area contributed by atoms with Crippen LogP contribution in [0.4, 0.5) is 0 Å². The molecule has 0 N–H and O–H groups in total. The molecule has 0 aromatic heterocycles. The van der Waals surface area contributed by atoms with Gasteiger partial charge in [0.25, 0.3) is 0 Å². The molecule has 23 heavy (non-hydrogen) atoms. The third-order valence-electron chi connectivity index (χ3n) is 2.65. The van der Waals surface area contributed by atoms with Crippen molar-refractivity contribution in [1.82, 2.24) is 0 Å². The summed E-state index contributed by atoms with van der Waals surface area (Å²) in [6.45, 7) is 12.7. The zero-order valence-electron chi connectivity index (χ0n) is 15.0. The largest absolute Gasteiger partial charge is 0.456 e. The van der Waals surface area contributed by atoms with Crippen LogP contribution in [0.3, 0.4) is 0 Å². The molecule has 0 aliphatic heterocycles. The number of rotatable bonds is 3. The third-order valence-corrected chi connectivity index (χ3v) is 2.65. The molecule has 0 aliphatic rings. The van der Waals surface area contributed by atoms with Crippen molar-refractivity contribution in [2.45, 2.75) is 59.7 Å². The van der Waals surface area contributed by atoms with E-state index in [0.717, 1.165) is 0 Å². The number of hydrogen-bond acceptors (Lipinski definition) is 4. The van der Waals surface area contributed by atoms with Crippen LogP contribution in [0.15, 0.2) is 24.3 Å². The molecule has 0 heterocycles. The quantitative estimate of drug-likeness (QED) is 0.762. The van der Waals surface area contributed by atoms with Gasteiger partial charge in [0.1, 0.15) is 11.2 Å². The van der Waals surface area contributed by atoms with E-state index in [1.807, 2.05) is 54.5 Å². The van der Waals surface area contributed by atoms with Crippen LogP contribution in [0.5, 0.6) is 0 Å². The summed E-state index contributed by atoms with van der Waals surface area (Å²) >= 11 is 0. The fourth-order valence-corrected chi connectivity index (χ4v) is 1.86. The summed E-state index contributed by atoms with van der Waals surface area (Å²) in [5.74, 6) is -0.833. The number of ether oxygens (including phenoxy) is 2. The van der Waals surface area contributed by atoms with Crippen LogP contribution in [0.1, 0.15) is 74.7 Å². The first-order valence-electron chi connectivity index (χ1n) is 7.66. The van der Waals surface area contributed by atoms with Gasteiger partial charge in [0.2, 0.25) is 0 Å². The molecule has 1 aromatic carbocycles. The van der Waals surface area contributed by atoms with Gasteiger partial charge in [-0.2, -0.15) is 0 Å². The minimum absolute atomic E-state index is 0.403. The van der Waals surface area contributed by atoms with Gasteiger partial charge in [-0.05, 0) is 72.2 Å². The van der Waals surface area contributed by atoms with Crippen LogP contribution in [0.2, 0.25) is 0 Å². The molecular weight excluding hydrogens is 292 g/mol. The molecule has 0 bridgehead atoms. The van der Waals surface area contributed by atoms with Crippen molar-refractivity contribution in [3.63, 3.8) is 0 Å². The van der Waals surface area contributed by atoms with Crippen LogP contribution in [-0.2, 0) is 9.47 Å².